The van der Waals surface area contributed by atoms with Crippen LogP contribution in [0.2, 0.25) is 5.02 Å². The molecule has 3 aromatic rings. The van der Waals surface area contributed by atoms with Crippen molar-refractivity contribution >= 4 is 34.0 Å². The van der Waals surface area contributed by atoms with Crippen LogP contribution in [0.5, 0.6) is 0 Å². The number of benzene rings is 2. The van der Waals surface area contributed by atoms with Crippen molar-refractivity contribution in [1.82, 2.24) is 9.97 Å². The minimum Gasteiger partial charge on any atom is -1.00 e. The highest BCUT2D eigenvalue weighted by molar-refractivity contribution is 6.31. The topological polar surface area (TPSA) is 37.8 Å². The van der Waals surface area contributed by atoms with Crippen molar-refractivity contribution in [2.45, 2.75) is 6.92 Å². The largest absolute Gasteiger partial charge is 1.00 e. The third kappa shape index (κ3) is 2.84. The molecule has 0 radical (unpaired) electrons. The maximum absolute atomic E-state index is 6.13. The van der Waals surface area contributed by atoms with Gasteiger partial charge in [0.15, 0.2) is 0 Å². The third-order valence-corrected chi connectivity index (χ3v) is 3.38. The number of hydrogen-bond donors (Lipinski definition) is 1. The fourth-order valence-electron chi connectivity index (χ4n) is 1.91. The van der Waals surface area contributed by atoms with E-state index in [4.69, 9.17) is 11.6 Å². The maximum Gasteiger partial charge on any atom is 0.141 e. The number of para-hydroxylation sites is 1. The number of halogens is 2. The zero-order valence-electron chi connectivity index (χ0n) is 10.8. The van der Waals surface area contributed by atoms with E-state index in [2.05, 4.69) is 15.3 Å². The van der Waals surface area contributed by atoms with Crippen molar-refractivity contribution in [3.8, 4) is 0 Å². The van der Waals surface area contributed by atoms with E-state index < -0.39 is 0 Å². The molecule has 0 bridgehead atoms. The van der Waals surface area contributed by atoms with Gasteiger partial charge in [-0.1, -0.05) is 29.8 Å². The predicted molar refractivity (Wildman–Crippen MR) is 79.0 cm³/mol. The summed E-state index contributed by atoms with van der Waals surface area (Å²) >= 11 is 6.13. The molecule has 102 valence electrons. The van der Waals surface area contributed by atoms with Crippen LogP contribution in [-0.2, 0) is 0 Å². The molecule has 0 aliphatic carbocycles. The molecular formula is C15H12Cl2N3-. The van der Waals surface area contributed by atoms with Gasteiger partial charge in [0.1, 0.15) is 12.1 Å². The summed E-state index contributed by atoms with van der Waals surface area (Å²) in [6, 6.07) is 13.7. The van der Waals surface area contributed by atoms with Crippen LogP contribution in [0.25, 0.3) is 10.9 Å². The van der Waals surface area contributed by atoms with Gasteiger partial charge in [0.25, 0.3) is 0 Å². The van der Waals surface area contributed by atoms with Crippen LogP contribution in [0.1, 0.15) is 5.56 Å². The summed E-state index contributed by atoms with van der Waals surface area (Å²) in [5, 5.41) is 5.01. The van der Waals surface area contributed by atoms with E-state index >= 15 is 0 Å². The smallest absolute Gasteiger partial charge is 0.141 e. The van der Waals surface area contributed by atoms with Crippen LogP contribution in [-0.4, -0.2) is 9.97 Å². The summed E-state index contributed by atoms with van der Waals surface area (Å²) in [5.41, 5.74) is 2.89. The van der Waals surface area contributed by atoms with E-state index in [0.717, 1.165) is 33.0 Å². The number of rotatable bonds is 2. The summed E-state index contributed by atoms with van der Waals surface area (Å²) in [4.78, 5) is 8.53. The van der Waals surface area contributed by atoms with Crippen LogP contribution in [0.4, 0.5) is 11.5 Å². The Labute approximate surface area is 128 Å². The number of aromatic nitrogens is 2. The van der Waals surface area contributed by atoms with Crippen molar-refractivity contribution < 1.29 is 12.4 Å². The standard InChI is InChI=1S/C15H12ClN3.ClH/c1-10-6-7-11(8-13(10)16)19-15-12-4-2-3-5-14(12)17-9-18-15;/h2-9H,1H3,(H,17,18,19);1H/p-1. The van der Waals surface area contributed by atoms with Gasteiger partial charge in [-0.25, -0.2) is 9.97 Å². The number of aryl methyl sites for hydroxylation is 1. The zero-order chi connectivity index (χ0) is 13.2. The monoisotopic (exact) mass is 304 g/mol. The quantitative estimate of drug-likeness (QED) is 0.776. The first-order valence-electron chi connectivity index (χ1n) is 5.97. The number of nitrogens with zero attached hydrogens (tertiary/aromatic N) is 2. The minimum atomic E-state index is 0. The fourth-order valence-corrected chi connectivity index (χ4v) is 2.09. The van der Waals surface area contributed by atoms with Crippen LogP contribution in [0.15, 0.2) is 48.8 Å². The Morgan fingerprint density at radius 2 is 1.85 bits per heavy atom. The number of hydrogen-bond acceptors (Lipinski definition) is 3. The molecule has 1 N–H and O–H groups in total. The Morgan fingerprint density at radius 1 is 1.05 bits per heavy atom. The molecule has 2 aromatic carbocycles. The lowest BCUT2D eigenvalue weighted by Gasteiger charge is -2.09. The Morgan fingerprint density at radius 3 is 2.65 bits per heavy atom. The molecule has 0 saturated heterocycles. The molecule has 0 spiro atoms. The van der Waals surface area contributed by atoms with Gasteiger partial charge in [0.2, 0.25) is 0 Å². The van der Waals surface area contributed by atoms with E-state index in [0.29, 0.717) is 0 Å². The van der Waals surface area contributed by atoms with Gasteiger partial charge in [-0.15, -0.1) is 0 Å². The number of anilines is 2. The predicted octanol–water partition coefficient (Wildman–Crippen LogP) is 1.34. The number of fused-ring (bicyclic) bond motifs is 1. The van der Waals surface area contributed by atoms with Crippen molar-refractivity contribution in [1.29, 1.82) is 0 Å². The first kappa shape index (κ1) is 14.6. The van der Waals surface area contributed by atoms with Gasteiger partial charge in [0, 0.05) is 16.1 Å². The van der Waals surface area contributed by atoms with Gasteiger partial charge >= 0.3 is 0 Å². The van der Waals surface area contributed by atoms with Gasteiger partial charge in [-0.3, -0.25) is 0 Å². The van der Waals surface area contributed by atoms with E-state index in [-0.39, 0.29) is 12.4 Å². The molecule has 0 saturated carbocycles. The van der Waals surface area contributed by atoms with Gasteiger partial charge in [0.05, 0.1) is 5.52 Å². The second-order valence-electron chi connectivity index (χ2n) is 4.33. The molecule has 0 unspecified atom stereocenters. The molecule has 0 atom stereocenters. The molecule has 0 fully saturated rings. The Bertz CT molecular complexity index is 739. The summed E-state index contributed by atoms with van der Waals surface area (Å²) < 4.78 is 0. The second kappa shape index (κ2) is 6.07. The molecule has 1 aromatic heterocycles. The molecule has 3 nitrogen and oxygen atoms in total. The lowest BCUT2D eigenvalue weighted by atomic mass is 10.2. The minimum absolute atomic E-state index is 0. The molecule has 3 rings (SSSR count). The van der Waals surface area contributed by atoms with E-state index in [1.54, 1.807) is 6.33 Å². The van der Waals surface area contributed by atoms with E-state index in [1.807, 2.05) is 49.4 Å². The Hall–Kier alpha value is -1.84. The highest BCUT2D eigenvalue weighted by Crippen LogP contribution is 2.25. The second-order valence-corrected chi connectivity index (χ2v) is 4.74. The SMILES string of the molecule is Cc1ccc(Nc2ncnc3ccccc23)cc1Cl.[Cl-]. The normalized spacial score (nSPS) is 10.1. The average Bonchev–Trinajstić information content (AvgIpc) is 2.43. The van der Waals surface area contributed by atoms with Gasteiger partial charge in [-0.05, 0) is 36.8 Å². The molecule has 0 aliphatic heterocycles. The van der Waals surface area contributed by atoms with E-state index in [9.17, 15) is 0 Å². The van der Waals surface area contributed by atoms with Crippen LogP contribution in [0.3, 0.4) is 0 Å². The summed E-state index contributed by atoms with van der Waals surface area (Å²) in [6.45, 7) is 1.98. The van der Waals surface area contributed by atoms with Crippen LogP contribution in [0, 0.1) is 6.92 Å². The molecule has 20 heavy (non-hydrogen) atoms. The van der Waals surface area contributed by atoms with Crippen molar-refractivity contribution in [2.75, 3.05) is 5.32 Å². The summed E-state index contributed by atoms with van der Waals surface area (Å²) in [6.07, 6.45) is 1.56. The van der Waals surface area contributed by atoms with Gasteiger partial charge in [-0.2, -0.15) is 0 Å². The summed E-state index contributed by atoms with van der Waals surface area (Å²) in [5.74, 6) is 0.783. The zero-order valence-corrected chi connectivity index (χ0v) is 12.3. The molecule has 0 aliphatic rings. The van der Waals surface area contributed by atoms with Crippen molar-refractivity contribution in [2.24, 2.45) is 0 Å². The van der Waals surface area contributed by atoms with Crippen molar-refractivity contribution in [3.05, 3.63) is 59.4 Å². The van der Waals surface area contributed by atoms with Crippen LogP contribution < -0.4 is 17.7 Å². The summed E-state index contributed by atoms with van der Waals surface area (Å²) in [7, 11) is 0. The lowest BCUT2D eigenvalue weighted by Crippen LogP contribution is -3.00. The van der Waals surface area contributed by atoms with Crippen molar-refractivity contribution in [3.63, 3.8) is 0 Å². The molecular weight excluding hydrogens is 293 g/mol. The maximum atomic E-state index is 6.13. The fraction of sp³-hybridized carbons (Fsp3) is 0.0667. The first-order valence-corrected chi connectivity index (χ1v) is 6.35. The molecule has 5 heteroatoms. The lowest BCUT2D eigenvalue weighted by molar-refractivity contribution is -0.00000383. The highest BCUT2D eigenvalue weighted by atomic mass is 35.5. The number of nitrogens with one attached hydrogen (secondary N) is 1. The van der Waals surface area contributed by atoms with Crippen LogP contribution >= 0.6 is 11.6 Å². The average molecular weight is 305 g/mol. The van der Waals surface area contributed by atoms with E-state index in [1.165, 1.54) is 0 Å². The highest BCUT2D eigenvalue weighted by Gasteiger charge is 2.04. The van der Waals surface area contributed by atoms with Gasteiger partial charge < -0.3 is 17.7 Å². The molecule has 1 heterocycles. The first-order chi connectivity index (χ1) is 9.24. The Kier molecular flexibility index (Phi) is 4.42. The molecule has 0 amide bonds. The third-order valence-electron chi connectivity index (χ3n) is 2.98. The Balaban J connectivity index is 0.00000147.